The standard InChI is InChI=1S/C28H40N2/c1-27(2,21-25-15-9-7-10-16-25)23-29-19-13-5-6-14-20-30-24-28(3,4)22-26-17-11-8-12-18-26/h7-12,15-18,23-24H,5-6,13-14,19-22H2,1-4H3. The van der Waals surface area contributed by atoms with E-state index in [1.165, 1.54) is 36.8 Å². The Balaban J connectivity index is 1.55. The number of rotatable bonds is 13. The Kier molecular flexibility index (Phi) is 10.00. The molecule has 0 fully saturated rings. The van der Waals surface area contributed by atoms with E-state index in [1.807, 2.05) is 0 Å². The van der Waals surface area contributed by atoms with Crippen LogP contribution in [0.1, 0.15) is 64.5 Å². The monoisotopic (exact) mass is 404 g/mol. The van der Waals surface area contributed by atoms with Crippen molar-refractivity contribution in [1.29, 1.82) is 0 Å². The minimum atomic E-state index is 0.114. The third kappa shape index (κ3) is 10.5. The highest BCUT2D eigenvalue weighted by molar-refractivity contribution is 5.65. The van der Waals surface area contributed by atoms with E-state index in [9.17, 15) is 0 Å². The van der Waals surface area contributed by atoms with Gasteiger partial charge >= 0.3 is 0 Å². The second-order valence-electron chi connectivity index (χ2n) is 9.79. The summed E-state index contributed by atoms with van der Waals surface area (Å²) in [6.07, 6.45) is 11.2. The van der Waals surface area contributed by atoms with Crippen molar-refractivity contribution >= 4 is 12.4 Å². The Bertz CT molecular complexity index is 690. The lowest BCUT2D eigenvalue weighted by molar-refractivity contribution is 0.528. The van der Waals surface area contributed by atoms with Gasteiger partial charge in [0.1, 0.15) is 0 Å². The van der Waals surface area contributed by atoms with Crippen LogP contribution >= 0.6 is 0 Å². The van der Waals surface area contributed by atoms with Gasteiger partial charge in [0, 0.05) is 36.3 Å². The van der Waals surface area contributed by atoms with E-state index < -0.39 is 0 Å². The van der Waals surface area contributed by atoms with Gasteiger partial charge in [0.05, 0.1) is 0 Å². The largest absolute Gasteiger partial charge is 0.297 e. The lowest BCUT2D eigenvalue weighted by Gasteiger charge is -2.19. The van der Waals surface area contributed by atoms with Crippen LogP contribution in [0.25, 0.3) is 0 Å². The first-order chi connectivity index (χ1) is 14.4. The van der Waals surface area contributed by atoms with Gasteiger partial charge in [-0.15, -0.1) is 0 Å². The summed E-state index contributed by atoms with van der Waals surface area (Å²) in [4.78, 5) is 9.38. The molecule has 0 radical (unpaired) electrons. The molecule has 0 saturated carbocycles. The average molecular weight is 405 g/mol. The van der Waals surface area contributed by atoms with Crippen LogP contribution in [0, 0.1) is 10.8 Å². The van der Waals surface area contributed by atoms with Gasteiger partial charge < -0.3 is 0 Å². The summed E-state index contributed by atoms with van der Waals surface area (Å²) in [5, 5.41) is 0. The van der Waals surface area contributed by atoms with E-state index in [2.05, 4.69) is 101 Å². The maximum absolute atomic E-state index is 4.69. The highest BCUT2D eigenvalue weighted by atomic mass is 14.7. The zero-order valence-electron chi connectivity index (χ0n) is 19.5. The predicted octanol–water partition coefficient (Wildman–Crippen LogP) is 7.23. The van der Waals surface area contributed by atoms with E-state index in [1.54, 1.807) is 0 Å². The molecular weight excluding hydrogens is 364 g/mol. The Morgan fingerprint density at radius 3 is 1.30 bits per heavy atom. The van der Waals surface area contributed by atoms with Gasteiger partial charge in [0.2, 0.25) is 0 Å². The van der Waals surface area contributed by atoms with Crippen LogP contribution in [0.2, 0.25) is 0 Å². The lowest BCUT2D eigenvalue weighted by Crippen LogP contribution is -2.17. The van der Waals surface area contributed by atoms with Crippen LogP contribution in [0.3, 0.4) is 0 Å². The van der Waals surface area contributed by atoms with Crippen LogP contribution in [0.15, 0.2) is 70.6 Å². The van der Waals surface area contributed by atoms with Gasteiger partial charge in [-0.25, -0.2) is 0 Å². The molecule has 0 spiro atoms. The third-order valence-electron chi connectivity index (χ3n) is 5.21. The van der Waals surface area contributed by atoms with Gasteiger partial charge in [-0.2, -0.15) is 0 Å². The molecule has 0 aliphatic heterocycles. The minimum Gasteiger partial charge on any atom is -0.297 e. The predicted molar refractivity (Wildman–Crippen MR) is 133 cm³/mol. The van der Waals surface area contributed by atoms with E-state index >= 15 is 0 Å². The maximum atomic E-state index is 4.69. The highest BCUT2D eigenvalue weighted by Gasteiger charge is 2.16. The molecule has 0 aliphatic rings. The van der Waals surface area contributed by atoms with Crippen LogP contribution in [0.4, 0.5) is 0 Å². The molecule has 0 heterocycles. The molecule has 2 rings (SSSR count). The Morgan fingerprint density at radius 2 is 0.933 bits per heavy atom. The highest BCUT2D eigenvalue weighted by Crippen LogP contribution is 2.20. The molecule has 2 aromatic rings. The first kappa shape index (κ1) is 24.1. The molecule has 2 aromatic carbocycles. The molecule has 0 N–H and O–H groups in total. The van der Waals surface area contributed by atoms with Crippen LogP contribution in [-0.2, 0) is 12.8 Å². The number of hydrogen-bond donors (Lipinski definition) is 0. The fourth-order valence-electron chi connectivity index (χ4n) is 3.72. The van der Waals surface area contributed by atoms with Crippen molar-refractivity contribution in [3.8, 4) is 0 Å². The van der Waals surface area contributed by atoms with Crippen molar-refractivity contribution in [3.05, 3.63) is 71.8 Å². The molecule has 0 atom stereocenters. The van der Waals surface area contributed by atoms with Crippen LogP contribution in [0.5, 0.6) is 0 Å². The lowest BCUT2D eigenvalue weighted by atomic mass is 9.87. The number of aliphatic imine (C=N–C) groups is 2. The smallest absolute Gasteiger partial charge is 0.0385 e. The zero-order chi connectivity index (χ0) is 21.7. The van der Waals surface area contributed by atoms with Crippen molar-refractivity contribution in [2.24, 2.45) is 20.8 Å². The Hall–Kier alpha value is -2.22. The summed E-state index contributed by atoms with van der Waals surface area (Å²) in [6.45, 7) is 10.9. The van der Waals surface area contributed by atoms with E-state index in [4.69, 9.17) is 9.98 Å². The Morgan fingerprint density at radius 1 is 0.567 bits per heavy atom. The van der Waals surface area contributed by atoms with Crippen molar-refractivity contribution in [3.63, 3.8) is 0 Å². The quantitative estimate of drug-likeness (QED) is 0.248. The number of hydrogen-bond acceptors (Lipinski definition) is 2. The van der Waals surface area contributed by atoms with Crippen LogP contribution < -0.4 is 0 Å². The zero-order valence-corrected chi connectivity index (χ0v) is 19.5. The Labute approximate surface area is 184 Å². The summed E-state index contributed by atoms with van der Waals surface area (Å²) in [7, 11) is 0. The van der Waals surface area contributed by atoms with E-state index in [0.29, 0.717) is 0 Å². The SMILES string of the molecule is CC(C)(C=NCCCCCCN=CC(C)(C)Cc1ccccc1)Cc1ccccc1. The first-order valence-electron chi connectivity index (χ1n) is 11.5. The van der Waals surface area contributed by atoms with E-state index in [-0.39, 0.29) is 10.8 Å². The molecule has 30 heavy (non-hydrogen) atoms. The first-order valence-corrected chi connectivity index (χ1v) is 11.5. The molecule has 0 aromatic heterocycles. The molecule has 2 heteroatoms. The molecule has 0 amide bonds. The fraction of sp³-hybridized carbons (Fsp3) is 0.500. The number of nitrogens with zero attached hydrogens (tertiary/aromatic N) is 2. The molecule has 2 nitrogen and oxygen atoms in total. The number of unbranched alkanes of at least 4 members (excludes halogenated alkanes) is 3. The van der Waals surface area contributed by atoms with Crippen molar-refractivity contribution < 1.29 is 0 Å². The molecule has 0 saturated heterocycles. The van der Waals surface area contributed by atoms with Crippen molar-refractivity contribution in [1.82, 2.24) is 0 Å². The maximum Gasteiger partial charge on any atom is 0.0385 e. The van der Waals surface area contributed by atoms with Gasteiger partial charge in [-0.3, -0.25) is 9.98 Å². The van der Waals surface area contributed by atoms with Gasteiger partial charge in [0.15, 0.2) is 0 Å². The average Bonchev–Trinajstić information content (AvgIpc) is 2.70. The summed E-state index contributed by atoms with van der Waals surface area (Å²) in [6, 6.07) is 21.4. The summed E-state index contributed by atoms with van der Waals surface area (Å²) in [5.41, 5.74) is 2.98. The van der Waals surface area contributed by atoms with E-state index in [0.717, 1.165) is 25.9 Å². The molecule has 0 aliphatic carbocycles. The third-order valence-corrected chi connectivity index (χ3v) is 5.21. The van der Waals surface area contributed by atoms with Gasteiger partial charge in [-0.05, 0) is 36.8 Å². The molecular formula is C28H40N2. The van der Waals surface area contributed by atoms with Crippen molar-refractivity contribution in [2.75, 3.05) is 13.1 Å². The fourth-order valence-corrected chi connectivity index (χ4v) is 3.72. The summed E-state index contributed by atoms with van der Waals surface area (Å²) in [5.74, 6) is 0. The topological polar surface area (TPSA) is 24.7 Å². The minimum absolute atomic E-state index is 0.114. The van der Waals surface area contributed by atoms with Crippen molar-refractivity contribution in [2.45, 2.75) is 66.2 Å². The summed E-state index contributed by atoms with van der Waals surface area (Å²) >= 11 is 0. The number of benzene rings is 2. The van der Waals surface area contributed by atoms with Gasteiger partial charge in [0.25, 0.3) is 0 Å². The van der Waals surface area contributed by atoms with Crippen LogP contribution in [-0.4, -0.2) is 25.5 Å². The molecule has 0 unspecified atom stereocenters. The normalized spacial score (nSPS) is 12.8. The summed E-state index contributed by atoms with van der Waals surface area (Å²) < 4.78 is 0. The molecule has 0 bridgehead atoms. The molecule has 162 valence electrons. The second-order valence-corrected chi connectivity index (χ2v) is 9.79. The van der Waals surface area contributed by atoms with Gasteiger partial charge in [-0.1, -0.05) is 101 Å². The second kappa shape index (κ2) is 12.5.